The van der Waals surface area contributed by atoms with Gasteiger partial charge in [0.1, 0.15) is 12.4 Å². The maximum Gasteiger partial charge on any atom is 0.193 e. The Morgan fingerprint density at radius 2 is 2.07 bits per heavy atom. The maximum absolute atomic E-state index is 5.98. The molecule has 0 aromatic heterocycles. The molecule has 6 nitrogen and oxygen atoms in total. The number of rotatable bonds is 6. The quantitative estimate of drug-likeness (QED) is 0.601. The van der Waals surface area contributed by atoms with E-state index in [4.69, 9.17) is 9.47 Å². The third-order valence-corrected chi connectivity index (χ3v) is 6.49. The largest absolute Gasteiger partial charge is 0.492 e. The van der Waals surface area contributed by atoms with Crippen LogP contribution in [0, 0.1) is 5.41 Å². The van der Waals surface area contributed by atoms with Crippen molar-refractivity contribution in [2.24, 2.45) is 10.4 Å². The van der Waals surface area contributed by atoms with E-state index in [1.165, 1.54) is 31.2 Å². The second kappa shape index (κ2) is 9.14. The number of morpholine rings is 1. The van der Waals surface area contributed by atoms with Crippen molar-refractivity contribution in [3.05, 3.63) is 29.8 Å². The summed E-state index contributed by atoms with van der Waals surface area (Å²) in [5.41, 5.74) is 1.81. The SMILES string of the molecule is CN=C(NCc1cccc(OCCN2CCOCC2)c1)N1CCC2(CCC2)C1. The van der Waals surface area contributed by atoms with Crippen LogP contribution < -0.4 is 10.1 Å². The van der Waals surface area contributed by atoms with E-state index in [2.05, 4.69) is 38.3 Å². The van der Waals surface area contributed by atoms with E-state index in [1.807, 2.05) is 13.1 Å². The molecule has 1 saturated carbocycles. The molecule has 28 heavy (non-hydrogen) atoms. The van der Waals surface area contributed by atoms with Gasteiger partial charge in [0.05, 0.1) is 13.2 Å². The molecule has 2 heterocycles. The van der Waals surface area contributed by atoms with Gasteiger partial charge in [0.25, 0.3) is 0 Å². The average molecular weight is 387 g/mol. The Labute approximate surface area is 168 Å². The molecule has 0 atom stereocenters. The Hall–Kier alpha value is -1.79. The lowest BCUT2D eigenvalue weighted by Crippen LogP contribution is -2.42. The zero-order valence-electron chi connectivity index (χ0n) is 17.2. The highest BCUT2D eigenvalue weighted by atomic mass is 16.5. The zero-order valence-corrected chi connectivity index (χ0v) is 17.2. The number of benzene rings is 1. The molecule has 2 saturated heterocycles. The Morgan fingerprint density at radius 3 is 2.79 bits per heavy atom. The second-order valence-electron chi connectivity index (χ2n) is 8.38. The Bertz CT molecular complexity index is 668. The van der Waals surface area contributed by atoms with Gasteiger partial charge in [-0.2, -0.15) is 0 Å². The summed E-state index contributed by atoms with van der Waals surface area (Å²) in [5, 5.41) is 3.55. The third kappa shape index (κ3) is 4.78. The van der Waals surface area contributed by atoms with Crippen LogP contribution in [0.1, 0.15) is 31.2 Å². The van der Waals surface area contributed by atoms with Crippen LogP contribution in [0.3, 0.4) is 0 Å². The van der Waals surface area contributed by atoms with Gasteiger partial charge in [0, 0.05) is 46.3 Å². The number of aliphatic imine (C=N–C) groups is 1. The Balaban J connectivity index is 1.23. The first-order chi connectivity index (χ1) is 13.8. The predicted octanol–water partition coefficient (Wildman–Crippen LogP) is 2.35. The molecule has 1 spiro atoms. The van der Waals surface area contributed by atoms with Crippen LogP contribution in [-0.2, 0) is 11.3 Å². The smallest absolute Gasteiger partial charge is 0.193 e. The molecule has 0 amide bonds. The lowest BCUT2D eigenvalue weighted by Gasteiger charge is -2.38. The molecule has 1 N–H and O–H groups in total. The maximum atomic E-state index is 5.98. The average Bonchev–Trinajstić information content (AvgIpc) is 3.16. The van der Waals surface area contributed by atoms with Crippen LogP contribution in [0.4, 0.5) is 0 Å². The normalized spacial score (nSPS) is 22.3. The Kier molecular flexibility index (Phi) is 6.37. The van der Waals surface area contributed by atoms with Crippen LogP contribution in [0.25, 0.3) is 0 Å². The molecular formula is C22H34N4O2. The topological polar surface area (TPSA) is 49.3 Å². The van der Waals surface area contributed by atoms with E-state index in [9.17, 15) is 0 Å². The first-order valence-electron chi connectivity index (χ1n) is 10.7. The van der Waals surface area contributed by atoms with Gasteiger partial charge in [-0.3, -0.25) is 9.89 Å². The molecule has 0 unspecified atom stereocenters. The van der Waals surface area contributed by atoms with Gasteiger partial charge in [-0.15, -0.1) is 0 Å². The zero-order chi connectivity index (χ0) is 19.2. The first kappa shape index (κ1) is 19.5. The molecule has 3 fully saturated rings. The molecule has 0 bridgehead atoms. The van der Waals surface area contributed by atoms with E-state index in [0.717, 1.165) is 64.2 Å². The number of likely N-dealkylation sites (tertiary alicyclic amines) is 1. The molecule has 154 valence electrons. The highest BCUT2D eigenvalue weighted by molar-refractivity contribution is 5.80. The molecular weight excluding hydrogens is 352 g/mol. The Morgan fingerprint density at radius 1 is 1.21 bits per heavy atom. The predicted molar refractivity (Wildman–Crippen MR) is 112 cm³/mol. The fourth-order valence-corrected chi connectivity index (χ4v) is 4.58. The molecule has 1 aliphatic carbocycles. The monoisotopic (exact) mass is 386 g/mol. The minimum absolute atomic E-state index is 0.589. The van der Waals surface area contributed by atoms with Gasteiger partial charge in [-0.1, -0.05) is 18.6 Å². The molecule has 3 aliphatic rings. The van der Waals surface area contributed by atoms with Crippen molar-refractivity contribution in [2.75, 3.05) is 59.6 Å². The summed E-state index contributed by atoms with van der Waals surface area (Å²) in [6, 6.07) is 8.39. The fraction of sp³-hybridized carbons (Fsp3) is 0.682. The number of nitrogens with zero attached hydrogens (tertiary/aromatic N) is 3. The van der Waals surface area contributed by atoms with Crippen LogP contribution in [0.2, 0.25) is 0 Å². The van der Waals surface area contributed by atoms with Crippen LogP contribution in [0.15, 0.2) is 29.3 Å². The standard InChI is InChI=1S/C22H34N4O2/c1-23-21(26-9-8-22(18-26)6-3-7-22)24-17-19-4-2-5-20(16-19)28-15-12-25-10-13-27-14-11-25/h2,4-5,16H,3,6-15,17-18H2,1H3,(H,23,24). The van der Waals surface area contributed by atoms with E-state index < -0.39 is 0 Å². The van der Waals surface area contributed by atoms with Gasteiger partial charge in [0.15, 0.2) is 5.96 Å². The first-order valence-corrected chi connectivity index (χ1v) is 10.7. The fourth-order valence-electron chi connectivity index (χ4n) is 4.58. The van der Waals surface area contributed by atoms with Gasteiger partial charge in [-0.05, 0) is 42.4 Å². The van der Waals surface area contributed by atoms with Crippen molar-refractivity contribution >= 4 is 5.96 Å². The van der Waals surface area contributed by atoms with Gasteiger partial charge in [0.2, 0.25) is 0 Å². The van der Waals surface area contributed by atoms with Crippen molar-refractivity contribution in [3.8, 4) is 5.75 Å². The summed E-state index contributed by atoms with van der Waals surface area (Å²) in [7, 11) is 1.89. The van der Waals surface area contributed by atoms with Crippen molar-refractivity contribution < 1.29 is 9.47 Å². The molecule has 2 aliphatic heterocycles. The number of nitrogens with one attached hydrogen (secondary N) is 1. The van der Waals surface area contributed by atoms with E-state index in [0.29, 0.717) is 12.0 Å². The van der Waals surface area contributed by atoms with Crippen LogP contribution in [-0.4, -0.2) is 75.4 Å². The van der Waals surface area contributed by atoms with Gasteiger partial charge < -0.3 is 19.7 Å². The summed E-state index contributed by atoms with van der Waals surface area (Å²) < 4.78 is 11.4. The number of ether oxygens (including phenoxy) is 2. The van der Waals surface area contributed by atoms with E-state index in [1.54, 1.807) is 0 Å². The highest BCUT2D eigenvalue weighted by Gasteiger charge is 2.43. The van der Waals surface area contributed by atoms with Crippen LogP contribution >= 0.6 is 0 Å². The molecule has 6 heteroatoms. The summed E-state index contributed by atoms with van der Waals surface area (Å²) in [4.78, 5) is 9.34. The van der Waals surface area contributed by atoms with Crippen molar-refractivity contribution in [3.63, 3.8) is 0 Å². The summed E-state index contributed by atoms with van der Waals surface area (Å²) in [5.74, 6) is 1.97. The number of hydrogen-bond donors (Lipinski definition) is 1. The second-order valence-corrected chi connectivity index (χ2v) is 8.38. The van der Waals surface area contributed by atoms with Crippen molar-refractivity contribution in [1.29, 1.82) is 0 Å². The number of guanidine groups is 1. The van der Waals surface area contributed by atoms with Crippen LogP contribution in [0.5, 0.6) is 5.75 Å². The highest BCUT2D eigenvalue weighted by Crippen LogP contribution is 2.47. The molecule has 1 aromatic carbocycles. The van der Waals surface area contributed by atoms with Gasteiger partial charge >= 0.3 is 0 Å². The summed E-state index contributed by atoms with van der Waals surface area (Å²) in [6.07, 6.45) is 5.51. The molecule has 4 rings (SSSR count). The molecule has 1 aromatic rings. The summed E-state index contributed by atoms with van der Waals surface area (Å²) >= 11 is 0. The number of hydrogen-bond acceptors (Lipinski definition) is 4. The minimum atomic E-state index is 0.589. The van der Waals surface area contributed by atoms with Gasteiger partial charge in [-0.25, -0.2) is 0 Å². The molecule has 0 radical (unpaired) electrons. The van der Waals surface area contributed by atoms with E-state index in [-0.39, 0.29) is 0 Å². The van der Waals surface area contributed by atoms with Crippen molar-refractivity contribution in [2.45, 2.75) is 32.2 Å². The lowest BCUT2D eigenvalue weighted by molar-refractivity contribution is 0.0322. The minimum Gasteiger partial charge on any atom is -0.492 e. The summed E-state index contributed by atoms with van der Waals surface area (Å²) in [6.45, 7) is 8.41. The lowest BCUT2D eigenvalue weighted by atomic mass is 9.68. The van der Waals surface area contributed by atoms with E-state index >= 15 is 0 Å². The third-order valence-electron chi connectivity index (χ3n) is 6.49. The van der Waals surface area contributed by atoms with Crippen molar-refractivity contribution in [1.82, 2.24) is 15.1 Å².